The molecule has 0 aliphatic rings. The highest BCUT2D eigenvalue weighted by Crippen LogP contribution is 2.25. The first-order chi connectivity index (χ1) is 13.0. The fourth-order valence-corrected chi connectivity index (χ4v) is 3.00. The molecule has 1 amide bonds. The Morgan fingerprint density at radius 1 is 0.926 bits per heavy atom. The van der Waals surface area contributed by atoms with Gasteiger partial charge in [0.25, 0.3) is 5.91 Å². The van der Waals surface area contributed by atoms with Crippen molar-refractivity contribution in [1.29, 1.82) is 0 Å². The lowest BCUT2D eigenvalue weighted by Crippen LogP contribution is -2.15. The fraction of sp³-hybridized carbons (Fsp3) is 0.364. The summed E-state index contributed by atoms with van der Waals surface area (Å²) < 4.78 is 0. The van der Waals surface area contributed by atoms with Crippen molar-refractivity contribution in [3.05, 3.63) is 59.2 Å². The Bertz CT molecular complexity index is 768. The van der Waals surface area contributed by atoms with E-state index in [-0.39, 0.29) is 17.0 Å². The molecule has 0 aliphatic heterocycles. The van der Waals surface area contributed by atoms with Gasteiger partial charge in [-0.3, -0.25) is 4.79 Å². The predicted octanol–water partition coefficient (Wildman–Crippen LogP) is 5.25. The number of nitrogens with one attached hydrogen (secondary N) is 1. The quantitative estimate of drug-likeness (QED) is 0.500. The Morgan fingerprint density at radius 3 is 2.26 bits per heavy atom. The molecule has 0 bridgehead atoms. The number of benzene rings is 2. The van der Waals surface area contributed by atoms with E-state index in [2.05, 4.69) is 12.2 Å². The lowest BCUT2D eigenvalue weighted by molar-refractivity contribution is 0.0695. The van der Waals surface area contributed by atoms with Crippen LogP contribution >= 0.6 is 0 Å². The first-order valence-electron chi connectivity index (χ1n) is 9.48. The molecule has 3 N–H and O–H groups in total. The Balaban J connectivity index is 1.93. The summed E-state index contributed by atoms with van der Waals surface area (Å²) in [5.74, 6) is -2.08. The van der Waals surface area contributed by atoms with Gasteiger partial charge >= 0.3 is 5.97 Å². The SMILES string of the molecule is CCCCCCCCc1ccc(C(=O)Nc2cccc(O)c2C(=O)O)cc1. The van der Waals surface area contributed by atoms with Gasteiger partial charge in [0.05, 0.1) is 5.69 Å². The zero-order valence-electron chi connectivity index (χ0n) is 15.7. The summed E-state index contributed by atoms with van der Waals surface area (Å²) in [4.78, 5) is 23.7. The van der Waals surface area contributed by atoms with Crippen LogP contribution in [0.25, 0.3) is 0 Å². The van der Waals surface area contributed by atoms with Crippen LogP contribution in [-0.4, -0.2) is 22.1 Å². The van der Waals surface area contributed by atoms with Gasteiger partial charge in [0.1, 0.15) is 11.3 Å². The van der Waals surface area contributed by atoms with Crippen LogP contribution in [0.4, 0.5) is 5.69 Å². The van der Waals surface area contributed by atoms with Gasteiger partial charge in [-0.05, 0) is 42.7 Å². The number of unbranched alkanes of at least 4 members (excludes halogenated alkanes) is 5. The average Bonchev–Trinajstić information content (AvgIpc) is 2.64. The number of carbonyl (C=O) groups excluding carboxylic acids is 1. The average molecular weight is 369 g/mol. The van der Waals surface area contributed by atoms with Crippen molar-refractivity contribution < 1.29 is 19.8 Å². The van der Waals surface area contributed by atoms with Gasteiger partial charge in [-0.15, -0.1) is 0 Å². The fourth-order valence-electron chi connectivity index (χ4n) is 3.00. The van der Waals surface area contributed by atoms with Crippen LogP contribution in [0.3, 0.4) is 0 Å². The van der Waals surface area contributed by atoms with Gasteiger partial charge in [0.15, 0.2) is 0 Å². The third-order valence-electron chi connectivity index (χ3n) is 4.54. The Kier molecular flexibility index (Phi) is 7.86. The van der Waals surface area contributed by atoms with E-state index in [0.717, 1.165) is 12.8 Å². The molecule has 0 radical (unpaired) electrons. The molecule has 0 fully saturated rings. The van der Waals surface area contributed by atoms with Gasteiger partial charge < -0.3 is 15.5 Å². The number of carboxylic acids is 1. The summed E-state index contributed by atoms with van der Waals surface area (Å²) in [6.07, 6.45) is 8.46. The maximum Gasteiger partial charge on any atom is 0.341 e. The van der Waals surface area contributed by atoms with E-state index in [0.29, 0.717) is 5.56 Å². The first kappa shape index (κ1) is 20.5. The number of aryl methyl sites for hydroxylation is 1. The second-order valence-corrected chi connectivity index (χ2v) is 6.67. The normalized spacial score (nSPS) is 10.6. The van der Waals surface area contributed by atoms with Crippen LogP contribution in [0.2, 0.25) is 0 Å². The Hall–Kier alpha value is -2.82. The van der Waals surface area contributed by atoms with Crippen LogP contribution in [0.15, 0.2) is 42.5 Å². The zero-order chi connectivity index (χ0) is 19.6. The van der Waals surface area contributed by atoms with E-state index >= 15 is 0 Å². The number of carboxylic acid groups (broad SMARTS) is 1. The highest BCUT2D eigenvalue weighted by Gasteiger charge is 2.17. The van der Waals surface area contributed by atoms with Crippen molar-refractivity contribution in [2.24, 2.45) is 0 Å². The van der Waals surface area contributed by atoms with Crippen LogP contribution in [0.5, 0.6) is 5.75 Å². The molecule has 2 aromatic rings. The number of amides is 1. The molecular formula is C22H27NO4. The van der Waals surface area contributed by atoms with E-state index in [1.54, 1.807) is 12.1 Å². The largest absolute Gasteiger partial charge is 0.507 e. The highest BCUT2D eigenvalue weighted by atomic mass is 16.4. The molecular weight excluding hydrogens is 342 g/mol. The third kappa shape index (κ3) is 6.13. The monoisotopic (exact) mass is 369 g/mol. The molecule has 27 heavy (non-hydrogen) atoms. The number of hydrogen-bond donors (Lipinski definition) is 3. The second kappa shape index (κ2) is 10.4. The zero-order valence-corrected chi connectivity index (χ0v) is 15.7. The topological polar surface area (TPSA) is 86.6 Å². The van der Waals surface area contributed by atoms with Crippen molar-refractivity contribution in [1.82, 2.24) is 0 Å². The summed E-state index contributed by atoms with van der Waals surface area (Å²) >= 11 is 0. The van der Waals surface area contributed by atoms with E-state index in [1.807, 2.05) is 12.1 Å². The van der Waals surface area contributed by atoms with Crippen LogP contribution in [0.1, 0.15) is 71.7 Å². The summed E-state index contributed by atoms with van der Waals surface area (Å²) in [5.41, 5.74) is 1.39. The number of carbonyl (C=O) groups is 2. The molecule has 5 heteroatoms. The third-order valence-corrected chi connectivity index (χ3v) is 4.54. The molecule has 144 valence electrons. The summed E-state index contributed by atoms with van der Waals surface area (Å²) in [7, 11) is 0. The number of aromatic carboxylic acids is 1. The van der Waals surface area contributed by atoms with Gasteiger partial charge in [0, 0.05) is 5.56 Å². The molecule has 0 saturated heterocycles. The number of aromatic hydroxyl groups is 1. The van der Waals surface area contributed by atoms with Crippen LogP contribution < -0.4 is 5.32 Å². The van der Waals surface area contributed by atoms with Crippen molar-refractivity contribution in [2.75, 3.05) is 5.32 Å². The van der Waals surface area contributed by atoms with Gasteiger partial charge in [-0.1, -0.05) is 57.2 Å². The molecule has 0 spiro atoms. The van der Waals surface area contributed by atoms with Crippen molar-refractivity contribution in [3.63, 3.8) is 0 Å². The summed E-state index contributed by atoms with van der Waals surface area (Å²) in [6, 6.07) is 11.6. The van der Waals surface area contributed by atoms with Gasteiger partial charge in [0.2, 0.25) is 0 Å². The molecule has 0 unspecified atom stereocenters. The predicted molar refractivity (Wildman–Crippen MR) is 107 cm³/mol. The molecule has 0 saturated carbocycles. The Morgan fingerprint density at radius 2 is 1.59 bits per heavy atom. The minimum absolute atomic E-state index is 0.0728. The first-order valence-corrected chi connectivity index (χ1v) is 9.48. The van der Waals surface area contributed by atoms with Crippen LogP contribution in [0, 0.1) is 0 Å². The number of phenols is 1. The second-order valence-electron chi connectivity index (χ2n) is 6.67. The maximum atomic E-state index is 12.4. The minimum atomic E-state index is -1.29. The number of rotatable bonds is 10. The number of anilines is 1. The Labute approximate surface area is 160 Å². The smallest absolute Gasteiger partial charge is 0.341 e. The van der Waals surface area contributed by atoms with E-state index in [9.17, 15) is 19.8 Å². The molecule has 5 nitrogen and oxygen atoms in total. The number of hydrogen-bond acceptors (Lipinski definition) is 3. The highest BCUT2D eigenvalue weighted by molar-refractivity contribution is 6.08. The van der Waals surface area contributed by atoms with Crippen LogP contribution in [-0.2, 0) is 6.42 Å². The minimum Gasteiger partial charge on any atom is -0.507 e. The van der Waals surface area contributed by atoms with E-state index in [4.69, 9.17) is 0 Å². The lowest BCUT2D eigenvalue weighted by atomic mass is 10.0. The maximum absolute atomic E-state index is 12.4. The summed E-state index contributed by atoms with van der Waals surface area (Å²) in [6.45, 7) is 2.21. The molecule has 2 rings (SSSR count). The standard InChI is InChI=1S/C22H27NO4/c1-2-3-4-5-6-7-9-16-12-14-17(15-13-16)21(25)23-18-10-8-11-19(24)20(18)22(26)27/h8,10-15,24H,2-7,9H2,1H3,(H,23,25)(H,26,27). The molecule has 0 aromatic heterocycles. The van der Waals surface area contributed by atoms with E-state index < -0.39 is 11.9 Å². The molecule has 0 aliphatic carbocycles. The molecule has 0 heterocycles. The van der Waals surface area contributed by atoms with Gasteiger partial charge in [-0.2, -0.15) is 0 Å². The van der Waals surface area contributed by atoms with Gasteiger partial charge in [-0.25, -0.2) is 4.79 Å². The van der Waals surface area contributed by atoms with Crippen molar-refractivity contribution >= 4 is 17.6 Å². The summed E-state index contributed by atoms with van der Waals surface area (Å²) in [5, 5.41) is 21.5. The lowest BCUT2D eigenvalue weighted by Gasteiger charge is -2.10. The molecule has 0 atom stereocenters. The van der Waals surface area contributed by atoms with E-state index in [1.165, 1.54) is 55.9 Å². The van der Waals surface area contributed by atoms with Crippen molar-refractivity contribution in [3.8, 4) is 5.75 Å². The molecule has 2 aromatic carbocycles. The van der Waals surface area contributed by atoms with Crippen molar-refractivity contribution in [2.45, 2.75) is 51.9 Å².